The molecule has 1 unspecified atom stereocenters. The van der Waals surface area contributed by atoms with Gasteiger partial charge in [-0.25, -0.2) is 4.39 Å². The highest BCUT2D eigenvalue weighted by molar-refractivity contribution is 5.89. The number of nitriles is 2. The van der Waals surface area contributed by atoms with Crippen molar-refractivity contribution < 1.29 is 14.1 Å². The highest BCUT2D eigenvalue weighted by Crippen LogP contribution is 2.52. The maximum Gasteiger partial charge on any atom is 0.212 e. The molecule has 1 saturated heterocycles. The Balaban J connectivity index is 2.05. The molecule has 0 aromatic heterocycles. The van der Waals surface area contributed by atoms with Crippen LogP contribution in [0.5, 0.6) is 0 Å². The second kappa shape index (κ2) is 6.90. The minimum atomic E-state index is -1.59. The Morgan fingerprint density at radius 2 is 1.63 bits per heavy atom. The average molecular weight is 400 g/mol. The number of quaternary nitrogens is 1. The molecule has 4 nitrogen and oxygen atoms in total. The molecular weight excluding hydrogens is 377 g/mol. The molecule has 0 bridgehead atoms. The summed E-state index contributed by atoms with van der Waals surface area (Å²) in [6, 6.07) is 16.9. The average Bonchev–Trinajstić information content (AvgIpc) is 3.03. The molecule has 2 aromatic rings. The largest absolute Gasteiger partial charge is 0.292 e. The molecule has 1 fully saturated rings. The minimum absolute atomic E-state index is 0.0906. The molecule has 150 valence electrons. The van der Waals surface area contributed by atoms with Crippen molar-refractivity contribution in [3.05, 3.63) is 77.2 Å². The maximum absolute atomic E-state index is 15.0. The van der Waals surface area contributed by atoms with E-state index in [0.717, 1.165) is 16.0 Å². The number of Topliss-reactive ketones (excluding diaryl/α,β-unsaturated/α-hetero) is 1. The molecule has 0 saturated carbocycles. The first-order valence-electron chi connectivity index (χ1n) is 10.0. The highest BCUT2D eigenvalue weighted by Gasteiger charge is 2.69. The van der Waals surface area contributed by atoms with Crippen molar-refractivity contribution in [3.63, 3.8) is 0 Å². The summed E-state index contributed by atoms with van der Waals surface area (Å²) in [4.78, 5) is 14.4. The predicted octanol–water partition coefficient (Wildman–Crippen LogP) is 3.55. The molecule has 0 radical (unpaired) electrons. The summed E-state index contributed by atoms with van der Waals surface area (Å²) < 4.78 is 15.0. The third-order valence-corrected chi connectivity index (χ3v) is 6.37. The van der Waals surface area contributed by atoms with Crippen LogP contribution in [-0.4, -0.2) is 11.8 Å². The summed E-state index contributed by atoms with van der Waals surface area (Å²) in [7, 11) is 0. The zero-order valence-electron chi connectivity index (χ0n) is 17.2. The van der Waals surface area contributed by atoms with E-state index in [1.165, 1.54) is 6.07 Å². The number of fused-ring (bicyclic) bond motifs is 3. The molecule has 4 atom stereocenters. The monoisotopic (exact) mass is 400 g/mol. The molecule has 4 rings (SSSR count). The lowest BCUT2D eigenvalue weighted by molar-refractivity contribution is -0.885. The van der Waals surface area contributed by atoms with E-state index in [4.69, 9.17) is 0 Å². The van der Waals surface area contributed by atoms with E-state index in [-0.39, 0.29) is 11.3 Å². The quantitative estimate of drug-likeness (QED) is 0.838. The van der Waals surface area contributed by atoms with E-state index < -0.39 is 34.6 Å². The number of nitrogens with zero attached hydrogens (tertiary/aromatic N) is 2. The molecule has 1 N–H and O–H groups in total. The second-order valence-electron chi connectivity index (χ2n) is 9.08. The van der Waals surface area contributed by atoms with Crippen LogP contribution in [0.25, 0.3) is 6.08 Å². The molecule has 0 aliphatic carbocycles. The fraction of sp³-hybridized carbons (Fsp3) is 0.320. The molecule has 30 heavy (non-hydrogen) atoms. The van der Waals surface area contributed by atoms with Gasteiger partial charge in [-0.2, -0.15) is 10.5 Å². The number of rotatable bonds is 2. The SMILES string of the molecule is CC(C)(C)C(=O)[C@H]1[C@H](c2ccccc2F)C(C#N)(C#N)[C@@H]2c3ccccc3C=C[NH+]21. The van der Waals surface area contributed by atoms with Gasteiger partial charge in [-0.15, -0.1) is 0 Å². The van der Waals surface area contributed by atoms with Gasteiger partial charge in [0.15, 0.2) is 17.9 Å². The molecular formula is C25H23FN3O+. The number of nitrogens with one attached hydrogen (secondary N) is 1. The van der Waals surface area contributed by atoms with Crippen LogP contribution in [-0.2, 0) is 4.79 Å². The third-order valence-electron chi connectivity index (χ3n) is 6.37. The number of carbonyl (C=O) groups excluding carboxylic acids is 1. The Bertz CT molecular complexity index is 1120. The Morgan fingerprint density at radius 1 is 1.03 bits per heavy atom. The summed E-state index contributed by atoms with van der Waals surface area (Å²) in [5.74, 6) is -1.48. The van der Waals surface area contributed by atoms with Gasteiger partial charge >= 0.3 is 0 Å². The number of halogens is 1. The zero-order valence-corrected chi connectivity index (χ0v) is 17.2. The topological polar surface area (TPSA) is 69.1 Å². The fourth-order valence-corrected chi connectivity index (χ4v) is 5.03. The lowest BCUT2D eigenvalue weighted by atomic mass is 9.66. The first-order chi connectivity index (χ1) is 14.3. The summed E-state index contributed by atoms with van der Waals surface area (Å²) in [6.45, 7) is 5.47. The molecule has 2 aromatic carbocycles. The molecule has 0 amide bonds. The Kier molecular flexibility index (Phi) is 4.60. The lowest BCUT2D eigenvalue weighted by Crippen LogP contribution is -3.12. The summed E-state index contributed by atoms with van der Waals surface area (Å²) >= 11 is 0. The van der Waals surface area contributed by atoms with Crippen LogP contribution in [0.4, 0.5) is 4.39 Å². The highest BCUT2D eigenvalue weighted by atomic mass is 19.1. The fourth-order valence-electron chi connectivity index (χ4n) is 5.03. The van der Waals surface area contributed by atoms with Crippen LogP contribution in [0.15, 0.2) is 54.7 Å². The second-order valence-corrected chi connectivity index (χ2v) is 9.08. The summed E-state index contributed by atoms with van der Waals surface area (Å²) in [5.41, 5.74) is -0.307. The van der Waals surface area contributed by atoms with Gasteiger partial charge in [0, 0.05) is 16.5 Å². The molecule has 2 heterocycles. The smallest absolute Gasteiger partial charge is 0.212 e. The van der Waals surface area contributed by atoms with Crippen LogP contribution in [0, 0.1) is 39.3 Å². The van der Waals surface area contributed by atoms with E-state index in [0.29, 0.717) is 0 Å². The lowest BCUT2D eigenvalue weighted by Gasteiger charge is -2.31. The van der Waals surface area contributed by atoms with Crippen molar-refractivity contribution in [2.45, 2.75) is 38.8 Å². The van der Waals surface area contributed by atoms with E-state index in [1.54, 1.807) is 18.2 Å². The molecule has 2 aliphatic rings. The van der Waals surface area contributed by atoms with Crippen molar-refractivity contribution >= 4 is 11.9 Å². The molecule has 0 spiro atoms. The van der Waals surface area contributed by atoms with E-state index >= 15 is 4.39 Å². The van der Waals surface area contributed by atoms with Gasteiger partial charge in [-0.1, -0.05) is 63.2 Å². The van der Waals surface area contributed by atoms with Crippen molar-refractivity contribution in [1.82, 2.24) is 0 Å². The number of carbonyl (C=O) groups is 1. The van der Waals surface area contributed by atoms with Gasteiger partial charge in [-0.05, 0) is 17.7 Å². The Labute approximate surface area is 175 Å². The normalized spacial score (nSPS) is 26.2. The van der Waals surface area contributed by atoms with Crippen molar-refractivity contribution in [3.8, 4) is 12.1 Å². The van der Waals surface area contributed by atoms with Gasteiger partial charge in [-0.3, -0.25) is 9.69 Å². The van der Waals surface area contributed by atoms with Crippen LogP contribution < -0.4 is 4.90 Å². The number of benzene rings is 2. The third kappa shape index (κ3) is 2.70. The standard InChI is InChI=1S/C25H22FN3O/c1-24(2,3)23(30)21-20(18-10-6-7-11-19(18)26)25(14-27,15-28)22-17-9-5-4-8-16(17)12-13-29(21)22/h4-13,20-22H,1-3H3/p+1/t20-,21+,22-/m0/s1. The first-order valence-corrected chi connectivity index (χ1v) is 10.0. The van der Waals surface area contributed by atoms with E-state index in [9.17, 15) is 15.3 Å². The number of ketones is 1. The van der Waals surface area contributed by atoms with Crippen LogP contribution in [0.3, 0.4) is 0 Å². The maximum atomic E-state index is 15.0. The van der Waals surface area contributed by atoms with Gasteiger partial charge in [0.2, 0.25) is 5.41 Å². The van der Waals surface area contributed by atoms with Crippen molar-refractivity contribution in [2.24, 2.45) is 10.8 Å². The number of hydrogen-bond acceptors (Lipinski definition) is 3. The first kappa shape index (κ1) is 20.0. The van der Waals surface area contributed by atoms with E-state index in [1.807, 2.05) is 57.3 Å². The minimum Gasteiger partial charge on any atom is -0.292 e. The Morgan fingerprint density at radius 3 is 2.23 bits per heavy atom. The van der Waals surface area contributed by atoms with Gasteiger partial charge in [0.25, 0.3) is 0 Å². The van der Waals surface area contributed by atoms with Gasteiger partial charge in [0.1, 0.15) is 5.82 Å². The van der Waals surface area contributed by atoms with Crippen molar-refractivity contribution in [2.75, 3.05) is 0 Å². The van der Waals surface area contributed by atoms with Gasteiger partial charge in [0.05, 0.1) is 24.3 Å². The van der Waals surface area contributed by atoms with Crippen LogP contribution in [0.2, 0.25) is 0 Å². The number of hydrogen-bond donors (Lipinski definition) is 1. The summed E-state index contributed by atoms with van der Waals surface area (Å²) in [5, 5.41) is 20.7. The zero-order chi connectivity index (χ0) is 21.7. The van der Waals surface area contributed by atoms with Gasteiger partial charge < -0.3 is 0 Å². The van der Waals surface area contributed by atoms with Crippen LogP contribution >= 0.6 is 0 Å². The predicted molar refractivity (Wildman–Crippen MR) is 110 cm³/mol. The molecule has 2 aliphatic heterocycles. The Hall–Kier alpha value is -3.28. The van der Waals surface area contributed by atoms with Crippen LogP contribution in [0.1, 0.15) is 49.4 Å². The van der Waals surface area contributed by atoms with Crippen molar-refractivity contribution in [1.29, 1.82) is 10.5 Å². The van der Waals surface area contributed by atoms with E-state index in [2.05, 4.69) is 12.1 Å². The molecule has 5 heteroatoms. The summed E-state index contributed by atoms with van der Waals surface area (Å²) in [6.07, 6.45) is 3.79.